The first kappa shape index (κ1) is 21.5. The van der Waals surface area contributed by atoms with Crippen molar-refractivity contribution in [2.45, 2.75) is 38.1 Å². The van der Waals surface area contributed by atoms with E-state index in [4.69, 9.17) is 14.8 Å². The van der Waals surface area contributed by atoms with Crippen molar-refractivity contribution >= 4 is 28.3 Å². The first-order valence-corrected chi connectivity index (χ1v) is 12.3. The van der Waals surface area contributed by atoms with E-state index in [9.17, 15) is 5.11 Å². The molecule has 33 heavy (non-hydrogen) atoms. The molecule has 5 nitrogen and oxygen atoms in total. The zero-order chi connectivity index (χ0) is 22.6. The first-order chi connectivity index (χ1) is 16.2. The zero-order valence-electron chi connectivity index (χ0n) is 18.6. The standard InChI is InChI=1S/C27H27N3O2S/c1-32-26-14-8-7-13-22(26)24-18-33-27(29-20-10-3-2-4-11-20)30(24)28-17-23-21-12-6-5-9-19(21)15-16-25(23)31/h5-9,12-18,20,31H,2-4,10-11H2,1H3. The predicted molar refractivity (Wildman–Crippen MR) is 135 cm³/mol. The number of phenols is 1. The smallest absolute Gasteiger partial charge is 0.206 e. The van der Waals surface area contributed by atoms with Gasteiger partial charge in [-0.25, -0.2) is 4.68 Å². The average Bonchev–Trinajstić information content (AvgIpc) is 3.26. The van der Waals surface area contributed by atoms with Crippen molar-refractivity contribution in [3.8, 4) is 22.8 Å². The molecule has 3 aromatic carbocycles. The van der Waals surface area contributed by atoms with Gasteiger partial charge in [-0.1, -0.05) is 61.7 Å². The van der Waals surface area contributed by atoms with Gasteiger partial charge in [0.15, 0.2) is 0 Å². The largest absolute Gasteiger partial charge is 0.507 e. The van der Waals surface area contributed by atoms with Crippen LogP contribution in [-0.4, -0.2) is 29.1 Å². The first-order valence-electron chi connectivity index (χ1n) is 11.4. The molecule has 1 N–H and O–H groups in total. The Balaban J connectivity index is 1.66. The minimum absolute atomic E-state index is 0.206. The Morgan fingerprint density at radius 1 is 1.00 bits per heavy atom. The quantitative estimate of drug-likeness (QED) is 0.363. The molecule has 0 spiro atoms. The molecule has 1 aliphatic carbocycles. The molecular formula is C27H27N3O2S. The Kier molecular flexibility index (Phi) is 6.26. The summed E-state index contributed by atoms with van der Waals surface area (Å²) in [6, 6.07) is 19.9. The van der Waals surface area contributed by atoms with Gasteiger partial charge in [0.2, 0.25) is 4.80 Å². The summed E-state index contributed by atoms with van der Waals surface area (Å²) >= 11 is 1.59. The Morgan fingerprint density at radius 3 is 2.64 bits per heavy atom. The van der Waals surface area contributed by atoms with Crippen LogP contribution in [0.15, 0.2) is 76.1 Å². The summed E-state index contributed by atoms with van der Waals surface area (Å²) in [6.45, 7) is 0. The number of phenolic OH excluding ortho intramolecular Hbond substituents is 1. The third-order valence-electron chi connectivity index (χ3n) is 6.19. The van der Waals surface area contributed by atoms with E-state index in [1.165, 1.54) is 19.3 Å². The highest BCUT2D eigenvalue weighted by atomic mass is 32.1. The molecule has 0 unspecified atom stereocenters. The molecule has 0 radical (unpaired) electrons. The molecule has 0 atom stereocenters. The maximum atomic E-state index is 10.6. The number of hydrogen-bond donors (Lipinski definition) is 1. The van der Waals surface area contributed by atoms with E-state index in [2.05, 4.69) is 5.38 Å². The third kappa shape index (κ3) is 4.44. The number of nitrogens with zero attached hydrogens (tertiary/aromatic N) is 3. The van der Waals surface area contributed by atoms with Gasteiger partial charge >= 0.3 is 0 Å². The summed E-state index contributed by atoms with van der Waals surface area (Å²) in [6.07, 6.45) is 7.73. The second-order valence-electron chi connectivity index (χ2n) is 8.30. The number of para-hydroxylation sites is 1. The van der Waals surface area contributed by atoms with Crippen molar-refractivity contribution in [3.05, 3.63) is 76.4 Å². The van der Waals surface area contributed by atoms with Crippen LogP contribution in [0.5, 0.6) is 11.5 Å². The summed E-state index contributed by atoms with van der Waals surface area (Å²) < 4.78 is 7.51. The maximum Gasteiger partial charge on any atom is 0.206 e. The number of hydrogen-bond acceptors (Lipinski definition) is 5. The second-order valence-corrected chi connectivity index (χ2v) is 9.14. The monoisotopic (exact) mass is 457 g/mol. The summed E-state index contributed by atoms with van der Waals surface area (Å²) in [5.74, 6) is 0.995. The molecule has 1 heterocycles. The maximum absolute atomic E-state index is 10.6. The minimum atomic E-state index is 0.206. The summed E-state index contributed by atoms with van der Waals surface area (Å²) in [4.78, 5) is 5.94. The van der Waals surface area contributed by atoms with Crippen LogP contribution in [0.25, 0.3) is 22.0 Å². The van der Waals surface area contributed by atoms with E-state index in [0.717, 1.165) is 45.4 Å². The molecule has 6 heteroatoms. The molecular weight excluding hydrogens is 430 g/mol. The molecule has 1 aliphatic rings. The fraction of sp³-hybridized carbons (Fsp3) is 0.259. The van der Waals surface area contributed by atoms with Crippen molar-refractivity contribution < 1.29 is 9.84 Å². The zero-order valence-corrected chi connectivity index (χ0v) is 19.5. The van der Waals surface area contributed by atoms with Crippen LogP contribution < -0.4 is 9.54 Å². The number of benzene rings is 3. The molecule has 4 aromatic rings. The number of rotatable bonds is 5. The second kappa shape index (κ2) is 9.63. The van der Waals surface area contributed by atoms with Gasteiger partial charge in [-0.15, -0.1) is 11.3 Å². The van der Waals surface area contributed by atoms with Crippen molar-refractivity contribution in [1.82, 2.24) is 4.68 Å². The average molecular weight is 458 g/mol. The number of fused-ring (bicyclic) bond motifs is 1. The van der Waals surface area contributed by atoms with E-state index in [1.54, 1.807) is 30.7 Å². The van der Waals surface area contributed by atoms with Gasteiger partial charge in [-0.05, 0) is 41.8 Å². The molecule has 1 fully saturated rings. The predicted octanol–water partition coefficient (Wildman–Crippen LogP) is 6.20. The lowest BCUT2D eigenvalue weighted by Crippen LogP contribution is -2.19. The highest BCUT2D eigenvalue weighted by Crippen LogP contribution is 2.31. The fourth-order valence-corrected chi connectivity index (χ4v) is 5.34. The van der Waals surface area contributed by atoms with Crippen molar-refractivity contribution in [1.29, 1.82) is 0 Å². The van der Waals surface area contributed by atoms with E-state index < -0.39 is 0 Å². The molecule has 1 saturated carbocycles. The SMILES string of the molecule is COc1ccccc1-c1csc(=NC2CCCCC2)n1N=Cc1c(O)ccc2ccccc12. The molecule has 5 rings (SSSR count). The molecule has 168 valence electrons. The number of methoxy groups -OCH3 is 1. The van der Waals surface area contributed by atoms with Crippen LogP contribution in [0, 0.1) is 0 Å². The van der Waals surface area contributed by atoms with Gasteiger partial charge in [0, 0.05) is 16.5 Å². The van der Waals surface area contributed by atoms with Gasteiger partial charge in [-0.3, -0.25) is 4.99 Å². The molecule has 0 aliphatic heterocycles. The van der Waals surface area contributed by atoms with Crippen LogP contribution in [0.1, 0.15) is 37.7 Å². The number of aromatic hydroxyl groups is 1. The molecule has 0 saturated heterocycles. The van der Waals surface area contributed by atoms with Crippen LogP contribution in [0.3, 0.4) is 0 Å². The lowest BCUT2D eigenvalue weighted by molar-refractivity contribution is 0.416. The van der Waals surface area contributed by atoms with E-state index in [1.807, 2.05) is 59.3 Å². The van der Waals surface area contributed by atoms with Gasteiger partial charge in [0.1, 0.15) is 11.5 Å². The minimum Gasteiger partial charge on any atom is -0.507 e. The number of ether oxygens (including phenoxy) is 1. The van der Waals surface area contributed by atoms with Crippen LogP contribution >= 0.6 is 11.3 Å². The van der Waals surface area contributed by atoms with Crippen molar-refractivity contribution in [2.75, 3.05) is 7.11 Å². The van der Waals surface area contributed by atoms with Gasteiger partial charge < -0.3 is 9.84 Å². The Morgan fingerprint density at radius 2 is 1.79 bits per heavy atom. The Labute approximate surface area is 197 Å². The Hall–Kier alpha value is -3.38. The lowest BCUT2D eigenvalue weighted by Gasteiger charge is -2.17. The van der Waals surface area contributed by atoms with Crippen LogP contribution in [-0.2, 0) is 0 Å². The van der Waals surface area contributed by atoms with Crippen LogP contribution in [0.2, 0.25) is 0 Å². The summed E-state index contributed by atoms with van der Waals surface area (Å²) in [5, 5.41) is 19.6. The van der Waals surface area contributed by atoms with E-state index >= 15 is 0 Å². The van der Waals surface area contributed by atoms with E-state index in [-0.39, 0.29) is 5.75 Å². The molecule has 1 aromatic heterocycles. The highest BCUT2D eigenvalue weighted by Gasteiger charge is 2.16. The number of thiazole rings is 1. The van der Waals surface area contributed by atoms with Gasteiger partial charge in [-0.2, -0.15) is 5.10 Å². The van der Waals surface area contributed by atoms with Crippen LogP contribution in [0.4, 0.5) is 0 Å². The highest BCUT2D eigenvalue weighted by molar-refractivity contribution is 7.07. The van der Waals surface area contributed by atoms with E-state index in [0.29, 0.717) is 11.6 Å². The Bertz CT molecular complexity index is 1360. The molecule has 0 amide bonds. The normalized spacial score (nSPS) is 15.5. The number of aromatic nitrogens is 1. The third-order valence-corrected chi connectivity index (χ3v) is 7.02. The summed E-state index contributed by atoms with van der Waals surface area (Å²) in [5.41, 5.74) is 2.57. The van der Waals surface area contributed by atoms with Crippen molar-refractivity contribution in [2.24, 2.45) is 10.1 Å². The topological polar surface area (TPSA) is 59.1 Å². The van der Waals surface area contributed by atoms with Gasteiger partial charge in [0.05, 0.1) is 25.1 Å². The molecule has 0 bridgehead atoms. The fourth-order valence-electron chi connectivity index (χ4n) is 4.44. The lowest BCUT2D eigenvalue weighted by atomic mass is 9.96. The van der Waals surface area contributed by atoms with Gasteiger partial charge in [0.25, 0.3) is 0 Å². The summed E-state index contributed by atoms with van der Waals surface area (Å²) in [7, 11) is 1.68. The van der Waals surface area contributed by atoms with Crippen molar-refractivity contribution in [3.63, 3.8) is 0 Å².